The van der Waals surface area contributed by atoms with E-state index in [1.165, 1.54) is 0 Å². The van der Waals surface area contributed by atoms with Gasteiger partial charge in [0, 0.05) is 41.2 Å². The lowest BCUT2D eigenvalue weighted by atomic mass is 9.86. The minimum Gasteiger partial charge on any atom is -0.315 e. The topological polar surface area (TPSA) is 57.5 Å². The Kier molecular flexibility index (Phi) is 9.63. The smallest absolute Gasteiger partial charge is 0.315 e. The minimum atomic E-state index is -0.396. The standard InChI is InChI=1S/C31H29Cl2NO4/c1-2-5-30(36)38-37-28-8-3-6-22(20-28)7-4-19-34-21-25(13-18-29(34)35)31(23-9-14-26(32)15-10-23)24-11-16-27(33)17-12-24/h3,6,8-18,20-21,31H,2,4-5,7,19H2,1H3. The summed E-state index contributed by atoms with van der Waals surface area (Å²) in [6, 6.07) is 26.4. The van der Waals surface area contributed by atoms with E-state index in [2.05, 4.69) is 0 Å². The molecular formula is C31H29Cl2NO4. The van der Waals surface area contributed by atoms with Gasteiger partial charge < -0.3 is 4.57 Å². The predicted octanol–water partition coefficient (Wildman–Crippen LogP) is 7.61. The SMILES string of the molecule is CCCC(=O)OOc1cccc(CCCn2cc(C(c3ccc(Cl)cc3)c3ccc(Cl)cc3)ccc2=O)c1. The van der Waals surface area contributed by atoms with Crippen LogP contribution in [0.3, 0.4) is 0 Å². The lowest BCUT2D eigenvalue weighted by Crippen LogP contribution is -2.20. The molecule has 0 unspecified atom stereocenters. The number of hydrogen-bond donors (Lipinski definition) is 0. The van der Waals surface area contributed by atoms with Gasteiger partial charge in [-0.2, -0.15) is 0 Å². The summed E-state index contributed by atoms with van der Waals surface area (Å²) in [5.41, 5.74) is 4.10. The summed E-state index contributed by atoms with van der Waals surface area (Å²) < 4.78 is 1.75. The minimum absolute atomic E-state index is 0.0559. The molecule has 1 aromatic heterocycles. The molecule has 0 atom stereocenters. The molecule has 0 spiro atoms. The van der Waals surface area contributed by atoms with E-state index >= 15 is 0 Å². The molecule has 0 saturated carbocycles. The highest BCUT2D eigenvalue weighted by Gasteiger charge is 2.18. The molecule has 4 rings (SSSR count). The highest BCUT2D eigenvalue weighted by atomic mass is 35.5. The Morgan fingerprint density at radius 1 is 0.868 bits per heavy atom. The second kappa shape index (κ2) is 13.3. The molecular weight excluding hydrogens is 521 g/mol. The quantitative estimate of drug-likeness (QED) is 0.143. The molecule has 0 N–H and O–H groups in total. The molecule has 0 radical (unpaired) electrons. The van der Waals surface area contributed by atoms with Gasteiger partial charge in [0.05, 0.1) is 0 Å². The highest BCUT2D eigenvalue weighted by molar-refractivity contribution is 6.30. The number of nitrogens with zero attached hydrogens (tertiary/aromatic N) is 1. The number of pyridine rings is 1. The van der Waals surface area contributed by atoms with Crippen LogP contribution in [0.25, 0.3) is 0 Å². The Bertz CT molecular complexity index is 1370. The van der Waals surface area contributed by atoms with Crippen LogP contribution in [-0.4, -0.2) is 10.5 Å². The van der Waals surface area contributed by atoms with Crippen LogP contribution in [0.5, 0.6) is 5.75 Å². The van der Waals surface area contributed by atoms with Crippen molar-refractivity contribution in [3.8, 4) is 5.75 Å². The van der Waals surface area contributed by atoms with Gasteiger partial charge in [-0.15, -0.1) is 0 Å². The van der Waals surface area contributed by atoms with E-state index in [4.69, 9.17) is 33.0 Å². The zero-order valence-corrected chi connectivity index (χ0v) is 22.6. The zero-order chi connectivity index (χ0) is 26.9. The first kappa shape index (κ1) is 27.5. The Balaban J connectivity index is 1.49. The maximum atomic E-state index is 12.7. The maximum Gasteiger partial charge on any atom is 0.355 e. The van der Waals surface area contributed by atoms with Crippen molar-refractivity contribution in [1.29, 1.82) is 0 Å². The molecule has 0 aliphatic heterocycles. The Morgan fingerprint density at radius 2 is 1.50 bits per heavy atom. The number of carbonyl (C=O) groups excluding carboxylic acids is 1. The highest BCUT2D eigenvalue weighted by Crippen LogP contribution is 2.33. The molecule has 4 aromatic rings. The second-order valence-corrected chi connectivity index (χ2v) is 9.94. The molecule has 0 fully saturated rings. The van der Waals surface area contributed by atoms with Crippen LogP contribution in [-0.2, 0) is 22.6 Å². The fourth-order valence-electron chi connectivity index (χ4n) is 4.33. The first-order valence-electron chi connectivity index (χ1n) is 12.6. The number of benzene rings is 3. The molecule has 38 heavy (non-hydrogen) atoms. The average Bonchev–Trinajstić information content (AvgIpc) is 2.92. The van der Waals surface area contributed by atoms with Crippen molar-refractivity contribution in [2.24, 2.45) is 0 Å². The summed E-state index contributed by atoms with van der Waals surface area (Å²) in [6.07, 6.45) is 4.42. The lowest BCUT2D eigenvalue weighted by molar-refractivity contribution is -0.213. The number of carbonyl (C=O) groups is 1. The van der Waals surface area contributed by atoms with Gasteiger partial charge in [-0.25, -0.2) is 4.79 Å². The number of aryl methyl sites for hydroxylation is 2. The van der Waals surface area contributed by atoms with Crippen molar-refractivity contribution in [3.63, 3.8) is 0 Å². The fourth-order valence-corrected chi connectivity index (χ4v) is 4.58. The summed E-state index contributed by atoms with van der Waals surface area (Å²) in [7, 11) is 0. The number of rotatable bonds is 11. The number of aromatic nitrogens is 1. The first-order valence-corrected chi connectivity index (χ1v) is 13.4. The van der Waals surface area contributed by atoms with Crippen LogP contribution < -0.4 is 10.4 Å². The maximum absolute atomic E-state index is 12.7. The van der Waals surface area contributed by atoms with Gasteiger partial charge >= 0.3 is 5.97 Å². The molecule has 1 heterocycles. The van der Waals surface area contributed by atoms with Crippen molar-refractivity contribution in [3.05, 3.63) is 134 Å². The second-order valence-electron chi connectivity index (χ2n) is 9.07. The van der Waals surface area contributed by atoms with Gasteiger partial charge in [-0.05, 0) is 77.9 Å². The van der Waals surface area contributed by atoms with Gasteiger partial charge in [0.25, 0.3) is 5.56 Å². The first-order chi connectivity index (χ1) is 18.4. The number of halogens is 2. The van der Waals surface area contributed by atoms with Gasteiger partial charge in [0.15, 0.2) is 5.75 Å². The van der Waals surface area contributed by atoms with Crippen molar-refractivity contribution >= 4 is 29.2 Å². The molecule has 5 nitrogen and oxygen atoms in total. The third kappa shape index (κ3) is 7.50. The summed E-state index contributed by atoms with van der Waals surface area (Å²) in [5, 5.41) is 1.34. The van der Waals surface area contributed by atoms with Crippen LogP contribution in [0.4, 0.5) is 0 Å². The monoisotopic (exact) mass is 549 g/mol. The van der Waals surface area contributed by atoms with Gasteiger partial charge in [0.2, 0.25) is 0 Å². The van der Waals surface area contributed by atoms with Crippen LogP contribution in [0.15, 0.2) is 95.9 Å². The van der Waals surface area contributed by atoms with E-state index < -0.39 is 5.97 Å². The van der Waals surface area contributed by atoms with Gasteiger partial charge in [0.1, 0.15) is 0 Å². The third-order valence-corrected chi connectivity index (χ3v) is 6.70. The molecule has 0 saturated heterocycles. The molecule has 0 bridgehead atoms. The average molecular weight is 550 g/mol. The van der Waals surface area contributed by atoms with Crippen LogP contribution >= 0.6 is 23.2 Å². The van der Waals surface area contributed by atoms with Crippen molar-refractivity contribution in [2.45, 2.75) is 45.1 Å². The zero-order valence-electron chi connectivity index (χ0n) is 21.1. The summed E-state index contributed by atoms with van der Waals surface area (Å²) in [5.74, 6) is -0.00631. The van der Waals surface area contributed by atoms with E-state index in [-0.39, 0.29) is 11.5 Å². The molecule has 0 aliphatic rings. The van der Waals surface area contributed by atoms with E-state index in [9.17, 15) is 9.59 Å². The molecule has 0 amide bonds. The van der Waals surface area contributed by atoms with E-state index in [1.807, 2.05) is 85.9 Å². The van der Waals surface area contributed by atoms with E-state index in [1.54, 1.807) is 16.7 Å². The normalized spacial score (nSPS) is 10.9. The number of hydrogen-bond acceptors (Lipinski definition) is 4. The van der Waals surface area contributed by atoms with Crippen LogP contribution in [0.2, 0.25) is 10.0 Å². The molecule has 0 aliphatic carbocycles. The third-order valence-electron chi connectivity index (χ3n) is 6.19. The van der Waals surface area contributed by atoms with Gasteiger partial charge in [-0.3, -0.25) is 14.6 Å². The Hall–Kier alpha value is -3.54. The molecule has 7 heteroatoms. The predicted molar refractivity (Wildman–Crippen MR) is 151 cm³/mol. The Morgan fingerprint density at radius 3 is 2.13 bits per heavy atom. The van der Waals surface area contributed by atoms with Crippen molar-refractivity contribution < 1.29 is 14.6 Å². The molecule has 196 valence electrons. The van der Waals surface area contributed by atoms with Crippen LogP contribution in [0, 0.1) is 0 Å². The lowest BCUT2D eigenvalue weighted by Gasteiger charge is -2.20. The van der Waals surface area contributed by atoms with Crippen LogP contribution in [0.1, 0.15) is 54.4 Å². The fraction of sp³-hybridized carbons (Fsp3) is 0.226. The Labute approximate surface area is 232 Å². The molecule has 3 aromatic carbocycles. The summed E-state index contributed by atoms with van der Waals surface area (Å²) >= 11 is 12.3. The van der Waals surface area contributed by atoms with E-state index in [0.29, 0.717) is 35.2 Å². The van der Waals surface area contributed by atoms with Crippen molar-refractivity contribution in [1.82, 2.24) is 4.57 Å². The van der Waals surface area contributed by atoms with Crippen molar-refractivity contribution in [2.75, 3.05) is 0 Å². The largest absolute Gasteiger partial charge is 0.355 e. The summed E-state index contributed by atoms with van der Waals surface area (Å²) in [4.78, 5) is 34.3. The summed E-state index contributed by atoms with van der Waals surface area (Å²) in [6.45, 7) is 2.45. The van der Waals surface area contributed by atoms with Gasteiger partial charge in [-0.1, -0.05) is 72.6 Å². The van der Waals surface area contributed by atoms with E-state index in [0.717, 1.165) is 35.1 Å².